The molecule has 1 aromatic heterocycles. The van der Waals surface area contributed by atoms with Gasteiger partial charge >= 0.3 is 0 Å². The van der Waals surface area contributed by atoms with Crippen molar-refractivity contribution in [3.05, 3.63) is 95.0 Å². The first-order valence-electron chi connectivity index (χ1n) is 9.27. The van der Waals surface area contributed by atoms with Gasteiger partial charge in [0.2, 0.25) is 0 Å². The molecule has 0 amide bonds. The van der Waals surface area contributed by atoms with E-state index >= 15 is 0 Å². The fraction of sp³-hybridized carbons (Fsp3) is 0.0400. The molecule has 0 atom stereocenters. The molecule has 3 heteroatoms. The molecule has 2 heterocycles. The molecule has 0 saturated heterocycles. The highest BCUT2D eigenvalue weighted by atomic mass is 35.5. The molecular weight excluding hydrogens is 384 g/mol. The summed E-state index contributed by atoms with van der Waals surface area (Å²) in [5, 5.41) is 3.20. The minimum Gasteiger partial charge on any atom is -0.456 e. The van der Waals surface area contributed by atoms with Crippen LogP contribution in [0, 0.1) is 0 Å². The van der Waals surface area contributed by atoms with Gasteiger partial charge in [-0.2, -0.15) is 0 Å². The zero-order chi connectivity index (χ0) is 18.7. The third-order valence-electron chi connectivity index (χ3n) is 5.44. The zero-order valence-corrected chi connectivity index (χ0v) is 16.5. The normalized spacial score (nSPS) is 12.9. The van der Waals surface area contributed by atoms with Gasteiger partial charge in [-0.15, -0.1) is 0 Å². The molecule has 4 aromatic carbocycles. The minimum atomic E-state index is 0.856. The number of benzene rings is 4. The van der Waals surface area contributed by atoms with Crippen molar-refractivity contribution < 1.29 is 4.42 Å². The van der Waals surface area contributed by atoms with Gasteiger partial charge in [0.25, 0.3) is 0 Å². The van der Waals surface area contributed by atoms with E-state index in [4.69, 9.17) is 16.0 Å². The van der Waals surface area contributed by atoms with Crippen molar-refractivity contribution >= 4 is 45.3 Å². The number of furan rings is 1. The molecule has 28 heavy (non-hydrogen) atoms. The molecule has 0 saturated carbocycles. The predicted molar refractivity (Wildman–Crippen MR) is 118 cm³/mol. The summed E-state index contributed by atoms with van der Waals surface area (Å²) in [4.78, 5) is 2.56. The number of rotatable bonds is 1. The number of hydrogen-bond donors (Lipinski definition) is 0. The molecule has 134 valence electrons. The highest BCUT2D eigenvalue weighted by Crippen LogP contribution is 2.44. The van der Waals surface area contributed by atoms with Gasteiger partial charge in [-0.3, -0.25) is 0 Å². The summed E-state index contributed by atoms with van der Waals surface area (Å²) in [7, 11) is 0. The van der Waals surface area contributed by atoms with Crippen molar-refractivity contribution in [2.24, 2.45) is 0 Å². The fourth-order valence-electron chi connectivity index (χ4n) is 4.09. The van der Waals surface area contributed by atoms with E-state index in [0.29, 0.717) is 0 Å². The summed E-state index contributed by atoms with van der Waals surface area (Å²) in [5.74, 6) is 0. The first-order chi connectivity index (χ1) is 13.8. The van der Waals surface area contributed by atoms with Crippen LogP contribution in [0.15, 0.2) is 93.1 Å². The van der Waals surface area contributed by atoms with E-state index in [1.807, 2.05) is 42.1 Å². The Balaban J connectivity index is 1.54. The lowest BCUT2D eigenvalue weighted by atomic mass is 9.96. The highest BCUT2D eigenvalue weighted by Gasteiger charge is 2.20. The van der Waals surface area contributed by atoms with Crippen molar-refractivity contribution in [3.63, 3.8) is 0 Å². The summed E-state index contributed by atoms with van der Waals surface area (Å²) in [6, 6.07) is 27.5. The number of fused-ring (bicyclic) bond motifs is 5. The van der Waals surface area contributed by atoms with Crippen molar-refractivity contribution in [2.45, 2.75) is 16.2 Å². The van der Waals surface area contributed by atoms with Crippen LogP contribution in [0.25, 0.3) is 33.1 Å². The van der Waals surface area contributed by atoms with Crippen molar-refractivity contribution in [1.82, 2.24) is 0 Å². The Hall–Kier alpha value is -2.68. The van der Waals surface area contributed by atoms with Crippen LogP contribution in [0.2, 0.25) is 5.02 Å². The second-order valence-electron chi connectivity index (χ2n) is 7.09. The van der Waals surface area contributed by atoms with Crippen LogP contribution < -0.4 is 0 Å². The lowest BCUT2D eigenvalue weighted by molar-refractivity contribution is 0.669. The van der Waals surface area contributed by atoms with Crippen LogP contribution in [-0.2, 0) is 6.42 Å². The Morgan fingerprint density at radius 1 is 0.786 bits per heavy atom. The Morgan fingerprint density at radius 3 is 2.61 bits per heavy atom. The van der Waals surface area contributed by atoms with Crippen LogP contribution in [0.4, 0.5) is 0 Å². The predicted octanol–water partition coefficient (Wildman–Crippen LogP) is 7.96. The second-order valence-corrected chi connectivity index (χ2v) is 8.59. The fourth-order valence-corrected chi connectivity index (χ4v) is 5.54. The molecule has 0 aliphatic carbocycles. The summed E-state index contributed by atoms with van der Waals surface area (Å²) >= 11 is 8.23. The van der Waals surface area contributed by atoms with Crippen LogP contribution in [0.3, 0.4) is 0 Å². The van der Waals surface area contributed by atoms with E-state index in [-0.39, 0.29) is 0 Å². The second kappa shape index (κ2) is 6.16. The minimum absolute atomic E-state index is 0.856. The van der Waals surface area contributed by atoms with Gasteiger partial charge in [0, 0.05) is 32.0 Å². The summed E-state index contributed by atoms with van der Waals surface area (Å²) in [6.07, 6.45) is 0.885. The summed E-state index contributed by atoms with van der Waals surface area (Å²) in [5.41, 5.74) is 6.86. The van der Waals surface area contributed by atoms with Gasteiger partial charge in [0.15, 0.2) is 0 Å². The number of hydrogen-bond acceptors (Lipinski definition) is 2. The number of halogens is 1. The molecule has 0 fully saturated rings. The monoisotopic (exact) mass is 398 g/mol. The Bertz CT molecular complexity index is 1380. The van der Waals surface area contributed by atoms with Crippen LogP contribution in [0.5, 0.6) is 0 Å². The van der Waals surface area contributed by atoms with Gasteiger partial charge in [0.05, 0.1) is 0 Å². The first-order valence-corrected chi connectivity index (χ1v) is 10.5. The SMILES string of the molecule is Clc1cccc2c1Cc1ccc(-c3cccc4oc5ccccc5c34)cc1S2. The van der Waals surface area contributed by atoms with Gasteiger partial charge < -0.3 is 4.42 Å². The van der Waals surface area contributed by atoms with Gasteiger partial charge in [-0.05, 0) is 52.6 Å². The molecular formula is C25H15ClOS. The lowest BCUT2D eigenvalue weighted by Gasteiger charge is -2.20. The smallest absolute Gasteiger partial charge is 0.136 e. The van der Waals surface area contributed by atoms with Gasteiger partial charge in [-0.25, -0.2) is 0 Å². The van der Waals surface area contributed by atoms with Crippen LogP contribution in [-0.4, -0.2) is 0 Å². The molecule has 0 unspecified atom stereocenters. The van der Waals surface area contributed by atoms with Crippen LogP contribution >= 0.6 is 23.4 Å². The molecule has 0 spiro atoms. The maximum absolute atomic E-state index is 6.42. The Labute approximate surface area is 171 Å². The first kappa shape index (κ1) is 16.3. The number of para-hydroxylation sites is 1. The molecule has 6 rings (SSSR count). The average Bonchev–Trinajstić information content (AvgIpc) is 3.11. The third kappa shape index (κ3) is 2.42. The van der Waals surface area contributed by atoms with E-state index < -0.39 is 0 Å². The van der Waals surface area contributed by atoms with Gasteiger partial charge in [-0.1, -0.05) is 71.9 Å². The molecule has 1 aliphatic heterocycles. The van der Waals surface area contributed by atoms with Crippen LogP contribution in [0.1, 0.15) is 11.1 Å². The van der Waals surface area contributed by atoms with E-state index in [1.54, 1.807) is 0 Å². The third-order valence-corrected chi connectivity index (χ3v) is 7.00. The maximum atomic E-state index is 6.42. The van der Waals surface area contributed by atoms with Crippen molar-refractivity contribution in [1.29, 1.82) is 0 Å². The standard InChI is InChI=1S/C25H15ClOS/c26-20-7-4-10-23-19(20)13-16-12-11-15(14-24(16)28-23)17-6-3-9-22-25(17)18-5-1-2-8-21(18)27-22/h1-12,14H,13H2. The topological polar surface area (TPSA) is 13.1 Å². The molecule has 1 aliphatic rings. The molecule has 1 nitrogen and oxygen atoms in total. The van der Waals surface area contributed by atoms with E-state index in [2.05, 4.69) is 48.5 Å². The molecule has 0 bridgehead atoms. The zero-order valence-electron chi connectivity index (χ0n) is 14.9. The van der Waals surface area contributed by atoms with Gasteiger partial charge in [0.1, 0.15) is 11.2 Å². The Morgan fingerprint density at radius 2 is 1.64 bits per heavy atom. The lowest BCUT2D eigenvalue weighted by Crippen LogP contribution is -2.00. The van der Waals surface area contributed by atoms with E-state index in [1.165, 1.54) is 37.4 Å². The van der Waals surface area contributed by atoms with Crippen molar-refractivity contribution in [3.8, 4) is 11.1 Å². The summed E-state index contributed by atoms with van der Waals surface area (Å²) in [6.45, 7) is 0. The molecule has 0 radical (unpaired) electrons. The molecule has 5 aromatic rings. The quantitative estimate of drug-likeness (QED) is 0.278. The van der Waals surface area contributed by atoms with Crippen molar-refractivity contribution in [2.75, 3.05) is 0 Å². The molecule has 0 N–H and O–H groups in total. The van der Waals surface area contributed by atoms with E-state index in [0.717, 1.165) is 28.0 Å². The summed E-state index contributed by atoms with van der Waals surface area (Å²) < 4.78 is 6.07. The average molecular weight is 399 g/mol. The maximum Gasteiger partial charge on any atom is 0.136 e. The Kier molecular flexibility index (Phi) is 3.59. The van der Waals surface area contributed by atoms with E-state index in [9.17, 15) is 0 Å². The highest BCUT2D eigenvalue weighted by molar-refractivity contribution is 7.99. The largest absolute Gasteiger partial charge is 0.456 e.